The monoisotopic (exact) mass is 333 g/mol. The predicted octanol–water partition coefficient (Wildman–Crippen LogP) is 4.12. The van der Waals surface area contributed by atoms with Crippen LogP contribution in [0, 0.1) is 0 Å². The Bertz CT molecular complexity index is 830. The molecule has 4 nitrogen and oxygen atoms in total. The van der Waals surface area contributed by atoms with Gasteiger partial charge in [-0.1, -0.05) is 31.2 Å². The molecule has 25 heavy (non-hydrogen) atoms. The maximum Gasteiger partial charge on any atom is 0.280 e. The number of benzene rings is 2. The fourth-order valence-electron chi connectivity index (χ4n) is 2.77. The molecular formula is C21H23N3O. The number of anilines is 2. The number of amides is 1. The lowest BCUT2D eigenvalue weighted by molar-refractivity contribution is -0.114. The van der Waals surface area contributed by atoms with Crippen LogP contribution in [0.5, 0.6) is 0 Å². The number of hydrogen-bond acceptors (Lipinski definition) is 3. The van der Waals surface area contributed by atoms with Gasteiger partial charge in [0.25, 0.3) is 5.91 Å². The first-order chi connectivity index (χ1) is 12.0. The maximum absolute atomic E-state index is 12.8. The SMILES string of the molecule is CCc1ccc(N2N=C(C)C(=Cc3ccc(N(C)C)cc3)C2=O)cc1. The van der Waals surface area contributed by atoms with E-state index in [1.165, 1.54) is 10.6 Å². The molecular weight excluding hydrogens is 310 g/mol. The van der Waals surface area contributed by atoms with Crippen LogP contribution in [0.15, 0.2) is 59.2 Å². The van der Waals surface area contributed by atoms with E-state index in [2.05, 4.69) is 12.0 Å². The fourth-order valence-corrected chi connectivity index (χ4v) is 2.77. The van der Waals surface area contributed by atoms with Gasteiger partial charge in [0.2, 0.25) is 0 Å². The number of hydrogen-bond donors (Lipinski definition) is 0. The van der Waals surface area contributed by atoms with Crippen molar-refractivity contribution in [2.24, 2.45) is 5.10 Å². The smallest absolute Gasteiger partial charge is 0.280 e. The standard InChI is InChI=1S/C21H23N3O/c1-5-16-6-12-19(13-7-16)24-21(25)20(15(2)22-24)14-17-8-10-18(11-9-17)23(3)4/h6-14H,5H2,1-4H3. The summed E-state index contributed by atoms with van der Waals surface area (Å²) in [7, 11) is 4.01. The Balaban J connectivity index is 1.86. The third-order valence-electron chi connectivity index (χ3n) is 4.37. The lowest BCUT2D eigenvalue weighted by atomic mass is 10.1. The first kappa shape index (κ1) is 17.0. The van der Waals surface area contributed by atoms with Gasteiger partial charge >= 0.3 is 0 Å². The van der Waals surface area contributed by atoms with E-state index >= 15 is 0 Å². The second-order valence-corrected chi connectivity index (χ2v) is 6.37. The minimum atomic E-state index is -0.0848. The number of hydrazone groups is 1. The highest BCUT2D eigenvalue weighted by molar-refractivity contribution is 6.32. The Kier molecular flexibility index (Phi) is 4.70. The summed E-state index contributed by atoms with van der Waals surface area (Å²) in [6, 6.07) is 16.1. The van der Waals surface area contributed by atoms with Crippen molar-refractivity contribution in [3.05, 3.63) is 65.2 Å². The van der Waals surface area contributed by atoms with Gasteiger partial charge in [0.1, 0.15) is 0 Å². The van der Waals surface area contributed by atoms with Gasteiger partial charge < -0.3 is 4.90 Å². The highest BCUT2D eigenvalue weighted by Gasteiger charge is 2.28. The second-order valence-electron chi connectivity index (χ2n) is 6.37. The molecule has 0 unspecified atom stereocenters. The molecule has 0 spiro atoms. The lowest BCUT2D eigenvalue weighted by Crippen LogP contribution is -2.21. The Morgan fingerprint density at radius 2 is 1.68 bits per heavy atom. The van der Waals surface area contributed by atoms with Crippen molar-refractivity contribution in [1.82, 2.24) is 0 Å². The maximum atomic E-state index is 12.8. The van der Waals surface area contributed by atoms with Crippen molar-refractivity contribution >= 4 is 29.1 Å². The highest BCUT2D eigenvalue weighted by atomic mass is 16.2. The Hall–Kier alpha value is -2.88. The molecule has 0 aliphatic carbocycles. The normalized spacial score (nSPS) is 15.7. The topological polar surface area (TPSA) is 35.9 Å². The van der Waals surface area contributed by atoms with Gasteiger partial charge in [0.15, 0.2) is 0 Å². The van der Waals surface area contributed by atoms with Crippen LogP contribution < -0.4 is 9.91 Å². The highest BCUT2D eigenvalue weighted by Crippen LogP contribution is 2.25. The average Bonchev–Trinajstić information content (AvgIpc) is 2.90. The molecule has 0 saturated carbocycles. The van der Waals surface area contributed by atoms with Crippen molar-refractivity contribution in [2.45, 2.75) is 20.3 Å². The van der Waals surface area contributed by atoms with E-state index in [1.54, 1.807) is 0 Å². The quantitative estimate of drug-likeness (QED) is 0.789. The van der Waals surface area contributed by atoms with E-state index < -0.39 is 0 Å². The summed E-state index contributed by atoms with van der Waals surface area (Å²) in [6.07, 6.45) is 2.88. The minimum absolute atomic E-state index is 0.0848. The fraction of sp³-hybridized carbons (Fsp3) is 0.238. The zero-order chi connectivity index (χ0) is 18.0. The van der Waals surface area contributed by atoms with Crippen LogP contribution >= 0.6 is 0 Å². The number of carbonyl (C=O) groups is 1. The second kappa shape index (κ2) is 6.93. The van der Waals surface area contributed by atoms with Gasteiger partial charge in [0.05, 0.1) is 17.0 Å². The molecule has 0 N–H and O–H groups in total. The van der Waals surface area contributed by atoms with Gasteiger partial charge in [0, 0.05) is 19.8 Å². The van der Waals surface area contributed by atoms with E-state index in [4.69, 9.17) is 0 Å². The molecule has 0 aromatic heterocycles. The van der Waals surface area contributed by atoms with Crippen molar-refractivity contribution in [2.75, 3.05) is 24.0 Å². The van der Waals surface area contributed by atoms with Gasteiger partial charge in [-0.15, -0.1) is 0 Å². The predicted molar refractivity (Wildman–Crippen MR) is 105 cm³/mol. The van der Waals surface area contributed by atoms with Crippen molar-refractivity contribution in [3.63, 3.8) is 0 Å². The molecule has 1 heterocycles. The molecule has 1 aliphatic heterocycles. The van der Waals surface area contributed by atoms with Crippen molar-refractivity contribution < 1.29 is 4.79 Å². The summed E-state index contributed by atoms with van der Waals surface area (Å²) >= 11 is 0. The summed E-state index contributed by atoms with van der Waals surface area (Å²) in [4.78, 5) is 14.8. The Morgan fingerprint density at radius 1 is 1.04 bits per heavy atom. The summed E-state index contributed by atoms with van der Waals surface area (Å²) in [5.41, 5.74) is 5.54. The van der Waals surface area contributed by atoms with E-state index in [-0.39, 0.29) is 5.91 Å². The number of rotatable bonds is 4. The summed E-state index contributed by atoms with van der Waals surface area (Å²) in [5.74, 6) is -0.0848. The van der Waals surface area contributed by atoms with Crippen LogP contribution in [0.1, 0.15) is 25.0 Å². The molecule has 0 bridgehead atoms. The summed E-state index contributed by atoms with van der Waals surface area (Å²) in [6.45, 7) is 3.99. The molecule has 128 valence electrons. The van der Waals surface area contributed by atoms with Crippen LogP contribution in [-0.4, -0.2) is 25.7 Å². The molecule has 4 heteroatoms. The van der Waals surface area contributed by atoms with Gasteiger partial charge in [-0.2, -0.15) is 10.1 Å². The molecule has 1 aliphatic rings. The van der Waals surface area contributed by atoms with Crippen molar-refractivity contribution in [3.8, 4) is 0 Å². The van der Waals surface area contributed by atoms with E-state index in [1.807, 2.05) is 80.5 Å². The zero-order valence-corrected chi connectivity index (χ0v) is 15.2. The third kappa shape index (κ3) is 3.48. The molecule has 3 rings (SSSR count). The molecule has 2 aromatic rings. The summed E-state index contributed by atoms with van der Waals surface area (Å²) < 4.78 is 0. The molecule has 0 saturated heterocycles. The van der Waals surface area contributed by atoms with E-state index in [9.17, 15) is 4.79 Å². The van der Waals surface area contributed by atoms with Crippen LogP contribution in [0.2, 0.25) is 0 Å². The van der Waals surface area contributed by atoms with Crippen LogP contribution in [-0.2, 0) is 11.2 Å². The molecule has 1 amide bonds. The van der Waals surface area contributed by atoms with E-state index in [0.29, 0.717) is 5.57 Å². The average molecular weight is 333 g/mol. The van der Waals surface area contributed by atoms with Crippen LogP contribution in [0.3, 0.4) is 0 Å². The first-order valence-corrected chi connectivity index (χ1v) is 8.47. The summed E-state index contributed by atoms with van der Waals surface area (Å²) in [5, 5.41) is 5.92. The number of nitrogens with zero attached hydrogens (tertiary/aromatic N) is 3. The van der Waals surface area contributed by atoms with Crippen LogP contribution in [0.25, 0.3) is 6.08 Å². The van der Waals surface area contributed by atoms with Gasteiger partial charge in [-0.25, -0.2) is 0 Å². The Morgan fingerprint density at radius 3 is 2.24 bits per heavy atom. The molecule has 0 radical (unpaired) electrons. The Labute approximate surface area is 149 Å². The molecule has 2 aromatic carbocycles. The molecule has 0 atom stereocenters. The van der Waals surface area contributed by atoms with Crippen LogP contribution in [0.4, 0.5) is 11.4 Å². The van der Waals surface area contributed by atoms with Gasteiger partial charge in [-0.05, 0) is 54.8 Å². The number of aryl methyl sites for hydroxylation is 1. The number of carbonyl (C=O) groups excluding carboxylic acids is 1. The van der Waals surface area contributed by atoms with Crippen molar-refractivity contribution in [1.29, 1.82) is 0 Å². The zero-order valence-electron chi connectivity index (χ0n) is 15.2. The first-order valence-electron chi connectivity index (χ1n) is 8.47. The lowest BCUT2D eigenvalue weighted by Gasteiger charge is -2.13. The van der Waals surface area contributed by atoms with E-state index in [0.717, 1.165) is 29.1 Å². The largest absolute Gasteiger partial charge is 0.378 e. The molecule has 0 fully saturated rings. The van der Waals surface area contributed by atoms with Gasteiger partial charge in [-0.3, -0.25) is 4.79 Å². The third-order valence-corrected chi connectivity index (χ3v) is 4.37. The minimum Gasteiger partial charge on any atom is -0.378 e.